The Morgan fingerprint density at radius 2 is 1.76 bits per heavy atom. The van der Waals surface area contributed by atoms with Crippen molar-refractivity contribution in [2.75, 3.05) is 25.0 Å². The van der Waals surface area contributed by atoms with E-state index in [1.54, 1.807) is 0 Å². The average Bonchev–Trinajstić information content (AvgIpc) is 3.04. The molecule has 6 nitrogen and oxygen atoms in total. The molecule has 2 atom stereocenters. The Morgan fingerprint density at radius 3 is 2.45 bits per heavy atom. The van der Waals surface area contributed by atoms with Gasteiger partial charge < -0.3 is 20.1 Å². The Morgan fingerprint density at radius 1 is 1.03 bits per heavy atom. The van der Waals surface area contributed by atoms with Gasteiger partial charge in [-0.3, -0.25) is 9.59 Å². The van der Waals surface area contributed by atoms with Gasteiger partial charge >= 0.3 is 0 Å². The molecule has 0 saturated carbocycles. The van der Waals surface area contributed by atoms with E-state index in [2.05, 4.69) is 46.4 Å². The highest BCUT2D eigenvalue weighted by molar-refractivity contribution is 6.10. The number of carbonyl (C=O) groups excluding carboxylic acids is 2. The second-order valence-electron chi connectivity index (χ2n) is 7.35. The van der Waals surface area contributed by atoms with Gasteiger partial charge in [-0.05, 0) is 52.0 Å². The minimum Gasteiger partial charge on any atom is -0.351 e. The van der Waals surface area contributed by atoms with Crippen LogP contribution in [0.25, 0.3) is 21.8 Å². The Bertz CT molecular complexity index is 1020. The Balaban J connectivity index is 1.83. The number of para-hydroxylation sites is 1. The van der Waals surface area contributed by atoms with Crippen LogP contribution in [-0.2, 0) is 16.1 Å². The van der Waals surface area contributed by atoms with Crippen molar-refractivity contribution in [3.05, 3.63) is 42.5 Å². The van der Waals surface area contributed by atoms with Crippen LogP contribution in [-0.4, -0.2) is 42.1 Å². The number of hydrogen-bond donors (Lipinski definition) is 3. The minimum absolute atomic E-state index is 0.0298. The average molecular weight is 396 g/mol. The first-order valence-corrected chi connectivity index (χ1v) is 10.4. The van der Waals surface area contributed by atoms with Gasteiger partial charge in [-0.2, -0.15) is 0 Å². The van der Waals surface area contributed by atoms with Gasteiger partial charge in [0.1, 0.15) is 0 Å². The highest BCUT2D eigenvalue weighted by Crippen LogP contribution is 2.30. The lowest BCUT2D eigenvalue weighted by atomic mass is 10.1. The molecule has 6 heteroatoms. The predicted octanol–water partition coefficient (Wildman–Crippen LogP) is 2.18. The van der Waals surface area contributed by atoms with E-state index >= 15 is 0 Å². The summed E-state index contributed by atoms with van der Waals surface area (Å²) in [6.07, 6.45) is 0. The summed E-state index contributed by atoms with van der Waals surface area (Å²) in [5, 5.41) is 8.17. The zero-order valence-electron chi connectivity index (χ0n) is 17.7. The molecule has 2 amide bonds. The quantitative estimate of drug-likeness (QED) is 0.547. The first kappa shape index (κ1) is 20.9. The highest BCUT2D eigenvalue weighted by Gasteiger charge is 2.26. The summed E-state index contributed by atoms with van der Waals surface area (Å²) in [5.41, 5.74) is 3.14. The second kappa shape index (κ2) is 9.09. The van der Waals surface area contributed by atoms with Crippen LogP contribution < -0.4 is 15.5 Å². The first-order chi connectivity index (χ1) is 14.0. The molecular formula is C23H31N4O2+. The van der Waals surface area contributed by atoms with Gasteiger partial charge in [-0.15, -0.1) is 0 Å². The Kier molecular flexibility index (Phi) is 6.54. The molecule has 0 aliphatic heterocycles. The van der Waals surface area contributed by atoms with E-state index in [9.17, 15) is 9.59 Å². The molecule has 0 radical (unpaired) electrons. The van der Waals surface area contributed by atoms with Crippen LogP contribution in [0.4, 0.5) is 5.69 Å². The summed E-state index contributed by atoms with van der Waals surface area (Å²) in [5.74, 6) is -0.109. The topological polar surface area (TPSA) is 67.6 Å². The third-order valence-corrected chi connectivity index (χ3v) is 5.58. The number of hydrogen-bond acceptors (Lipinski definition) is 2. The molecule has 0 saturated heterocycles. The number of amides is 2. The van der Waals surface area contributed by atoms with E-state index in [4.69, 9.17) is 0 Å². The maximum Gasteiger partial charge on any atom is 0.282 e. The molecule has 0 spiro atoms. The summed E-state index contributed by atoms with van der Waals surface area (Å²) in [6, 6.07) is 14.1. The number of benzene rings is 2. The highest BCUT2D eigenvalue weighted by atomic mass is 16.2. The second-order valence-corrected chi connectivity index (χ2v) is 7.35. The molecule has 3 rings (SSSR count). The molecule has 3 aromatic rings. The van der Waals surface area contributed by atoms with Crippen molar-refractivity contribution >= 4 is 39.3 Å². The summed E-state index contributed by atoms with van der Waals surface area (Å²) in [4.78, 5) is 25.7. The molecule has 154 valence electrons. The minimum atomic E-state index is -0.324. The number of nitrogens with one attached hydrogen (secondary N) is 3. The van der Waals surface area contributed by atoms with Gasteiger partial charge in [0.15, 0.2) is 12.6 Å². The summed E-state index contributed by atoms with van der Waals surface area (Å²) in [6.45, 7) is 10.4. The monoisotopic (exact) mass is 395 g/mol. The van der Waals surface area contributed by atoms with E-state index < -0.39 is 0 Å². The maximum absolute atomic E-state index is 12.8. The zero-order valence-corrected chi connectivity index (χ0v) is 17.7. The zero-order chi connectivity index (χ0) is 21.0. The van der Waals surface area contributed by atoms with Crippen LogP contribution in [0.3, 0.4) is 0 Å². The van der Waals surface area contributed by atoms with Crippen molar-refractivity contribution in [1.29, 1.82) is 0 Å². The molecular weight excluding hydrogens is 364 g/mol. The smallest absolute Gasteiger partial charge is 0.282 e. The van der Waals surface area contributed by atoms with E-state index in [1.165, 1.54) is 10.9 Å². The molecule has 1 unspecified atom stereocenters. The van der Waals surface area contributed by atoms with Gasteiger partial charge in [0.25, 0.3) is 11.8 Å². The van der Waals surface area contributed by atoms with Crippen LogP contribution in [0, 0.1) is 0 Å². The normalized spacial score (nSPS) is 13.4. The fraction of sp³-hybridized carbons (Fsp3) is 0.391. The van der Waals surface area contributed by atoms with Gasteiger partial charge in [-0.25, -0.2) is 0 Å². The number of fused-ring (bicyclic) bond motifs is 3. The fourth-order valence-corrected chi connectivity index (χ4v) is 3.96. The summed E-state index contributed by atoms with van der Waals surface area (Å²) < 4.78 is 2.29. The standard InChI is InChI=1S/C23H30N4O2/c1-5-24-22(28)15-26(6-2)16(4)23(29)25-17-12-13-21-19(14-17)18-10-8-9-11-20(18)27(21)7-3/h8-14,16H,5-7,15H2,1-4H3,(H,24,28)(H,25,29)/p+1/t16-/m0/s1. The number of anilines is 1. The van der Waals surface area contributed by atoms with Gasteiger partial charge in [0.05, 0.1) is 6.54 Å². The lowest BCUT2D eigenvalue weighted by molar-refractivity contribution is -0.904. The molecule has 3 N–H and O–H groups in total. The molecule has 29 heavy (non-hydrogen) atoms. The van der Waals surface area contributed by atoms with Crippen LogP contribution in [0.5, 0.6) is 0 Å². The van der Waals surface area contributed by atoms with Gasteiger partial charge in [0, 0.05) is 40.6 Å². The molecule has 0 aliphatic carbocycles. The fourth-order valence-electron chi connectivity index (χ4n) is 3.96. The number of nitrogens with zero attached hydrogens (tertiary/aromatic N) is 1. The van der Waals surface area contributed by atoms with Crippen molar-refractivity contribution in [3.8, 4) is 0 Å². The van der Waals surface area contributed by atoms with E-state index in [1.807, 2.05) is 39.0 Å². The number of quaternary nitrogens is 1. The number of aryl methyl sites for hydroxylation is 1. The largest absolute Gasteiger partial charge is 0.351 e. The Hall–Kier alpha value is -2.86. The lowest BCUT2D eigenvalue weighted by Crippen LogP contribution is -3.17. The third kappa shape index (κ3) is 4.27. The summed E-state index contributed by atoms with van der Waals surface area (Å²) >= 11 is 0. The van der Waals surface area contributed by atoms with E-state index in [-0.39, 0.29) is 17.9 Å². The molecule has 0 fully saturated rings. The molecule has 1 heterocycles. The van der Waals surface area contributed by atoms with Crippen LogP contribution in [0.15, 0.2) is 42.5 Å². The van der Waals surface area contributed by atoms with Crippen LogP contribution >= 0.6 is 0 Å². The van der Waals surface area contributed by atoms with E-state index in [0.29, 0.717) is 19.6 Å². The van der Waals surface area contributed by atoms with Crippen LogP contribution in [0.1, 0.15) is 27.7 Å². The number of likely N-dealkylation sites (N-methyl/N-ethyl adjacent to an activating group) is 2. The molecule has 0 aliphatic rings. The van der Waals surface area contributed by atoms with Gasteiger partial charge in [0.2, 0.25) is 0 Å². The predicted molar refractivity (Wildman–Crippen MR) is 118 cm³/mol. The molecule has 0 bridgehead atoms. The van der Waals surface area contributed by atoms with Crippen LogP contribution in [0.2, 0.25) is 0 Å². The molecule has 2 aromatic carbocycles. The number of rotatable bonds is 8. The van der Waals surface area contributed by atoms with Crippen molar-refractivity contribution in [2.24, 2.45) is 0 Å². The number of aromatic nitrogens is 1. The Labute approximate surface area is 171 Å². The van der Waals surface area contributed by atoms with E-state index in [0.717, 1.165) is 28.0 Å². The molecule has 1 aromatic heterocycles. The lowest BCUT2D eigenvalue weighted by Gasteiger charge is -2.23. The first-order valence-electron chi connectivity index (χ1n) is 10.4. The SMILES string of the molecule is CCNC(=O)C[NH+](CC)[C@@H](C)C(=O)Nc1ccc2c(c1)c1ccccc1n2CC. The van der Waals surface area contributed by atoms with Crippen molar-refractivity contribution < 1.29 is 14.5 Å². The van der Waals surface area contributed by atoms with Crippen molar-refractivity contribution in [1.82, 2.24) is 9.88 Å². The third-order valence-electron chi connectivity index (χ3n) is 5.58. The maximum atomic E-state index is 12.8. The van der Waals surface area contributed by atoms with Gasteiger partial charge in [-0.1, -0.05) is 18.2 Å². The number of carbonyl (C=O) groups is 2. The van der Waals surface area contributed by atoms with Crippen molar-refractivity contribution in [3.63, 3.8) is 0 Å². The van der Waals surface area contributed by atoms with Crippen molar-refractivity contribution in [2.45, 2.75) is 40.3 Å². The summed E-state index contributed by atoms with van der Waals surface area (Å²) in [7, 11) is 0.